The Hall–Kier alpha value is -0.970. The van der Waals surface area contributed by atoms with Gasteiger partial charge in [0.1, 0.15) is 5.82 Å². The highest BCUT2D eigenvalue weighted by molar-refractivity contribution is 7.99. The fourth-order valence-electron chi connectivity index (χ4n) is 1.67. The van der Waals surface area contributed by atoms with Crippen LogP contribution in [0.5, 0.6) is 0 Å². The first-order valence-corrected chi connectivity index (χ1v) is 5.87. The van der Waals surface area contributed by atoms with E-state index in [1.807, 2.05) is 18.8 Å². The van der Waals surface area contributed by atoms with Crippen molar-refractivity contribution >= 4 is 23.5 Å². The molecule has 1 aliphatic heterocycles. The van der Waals surface area contributed by atoms with Crippen molar-refractivity contribution in [2.24, 2.45) is 0 Å². The zero-order valence-electron chi connectivity index (χ0n) is 8.21. The van der Waals surface area contributed by atoms with Crippen LogP contribution < -0.4 is 11.1 Å². The first kappa shape index (κ1) is 9.58. The molecule has 0 aliphatic carbocycles. The predicted molar refractivity (Wildman–Crippen MR) is 60.7 cm³/mol. The summed E-state index contributed by atoms with van der Waals surface area (Å²) in [5.41, 5.74) is 8.00. The van der Waals surface area contributed by atoms with E-state index in [0.29, 0.717) is 5.95 Å². The fraction of sp³-hybridized carbons (Fsp3) is 0.556. The molecule has 0 atom stereocenters. The van der Waals surface area contributed by atoms with E-state index in [-0.39, 0.29) is 0 Å². The van der Waals surface area contributed by atoms with Crippen molar-refractivity contribution < 1.29 is 0 Å². The highest BCUT2D eigenvalue weighted by Crippen LogP contribution is 2.24. The highest BCUT2D eigenvalue weighted by Gasteiger charge is 2.14. The van der Waals surface area contributed by atoms with Crippen LogP contribution >= 0.6 is 11.8 Å². The molecule has 1 aliphatic rings. The molecule has 5 heteroatoms. The van der Waals surface area contributed by atoms with Crippen molar-refractivity contribution in [3.05, 3.63) is 11.3 Å². The van der Waals surface area contributed by atoms with Gasteiger partial charge in [-0.05, 0) is 24.3 Å². The van der Waals surface area contributed by atoms with Gasteiger partial charge in [0.2, 0.25) is 5.95 Å². The Kier molecular flexibility index (Phi) is 2.77. The van der Waals surface area contributed by atoms with Crippen LogP contribution in [0.1, 0.15) is 11.3 Å². The molecule has 0 aromatic carbocycles. The number of nitrogens with one attached hydrogen (secondary N) is 1. The van der Waals surface area contributed by atoms with Crippen molar-refractivity contribution in [1.29, 1.82) is 0 Å². The van der Waals surface area contributed by atoms with Crippen LogP contribution in [-0.2, 0) is 12.8 Å². The number of rotatable bonds is 1. The van der Waals surface area contributed by atoms with Gasteiger partial charge in [-0.3, -0.25) is 0 Å². The van der Waals surface area contributed by atoms with Gasteiger partial charge in [-0.15, -0.1) is 0 Å². The van der Waals surface area contributed by atoms with E-state index in [2.05, 4.69) is 15.3 Å². The van der Waals surface area contributed by atoms with Crippen LogP contribution in [-0.4, -0.2) is 28.5 Å². The van der Waals surface area contributed by atoms with Crippen molar-refractivity contribution in [3.63, 3.8) is 0 Å². The average molecular weight is 210 g/mol. The van der Waals surface area contributed by atoms with Gasteiger partial charge in [0.15, 0.2) is 0 Å². The SMILES string of the molecule is CNc1nc(N)nc2c1CCSCC2. The Morgan fingerprint density at radius 3 is 2.86 bits per heavy atom. The standard InChI is InChI=1S/C9H14N4S/c1-11-8-6-2-4-14-5-3-7(6)12-9(10)13-8/h2-5H2,1H3,(H3,10,11,12,13). The molecule has 0 saturated carbocycles. The third-order valence-corrected chi connectivity index (χ3v) is 3.31. The summed E-state index contributed by atoms with van der Waals surface area (Å²) in [4.78, 5) is 8.49. The summed E-state index contributed by atoms with van der Waals surface area (Å²) < 4.78 is 0. The second kappa shape index (κ2) is 4.04. The number of fused-ring (bicyclic) bond motifs is 1. The minimum Gasteiger partial charge on any atom is -0.373 e. The summed E-state index contributed by atoms with van der Waals surface area (Å²) in [5.74, 6) is 3.55. The Bertz CT molecular complexity index is 340. The molecule has 0 fully saturated rings. The normalized spacial score (nSPS) is 15.8. The lowest BCUT2D eigenvalue weighted by Gasteiger charge is -2.10. The molecule has 1 aromatic heterocycles. The molecule has 1 aromatic rings. The Balaban J connectivity index is 2.46. The number of nitrogen functional groups attached to an aromatic ring is 1. The lowest BCUT2D eigenvalue weighted by molar-refractivity contribution is 0.966. The molecular formula is C9H14N4S. The maximum absolute atomic E-state index is 5.64. The van der Waals surface area contributed by atoms with E-state index in [1.165, 1.54) is 5.56 Å². The van der Waals surface area contributed by atoms with Crippen LogP contribution in [0.25, 0.3) is 0 Å². The number of hydrogen-bond donors (Lipinski definition) is 2. The number of anilines is 2. The van der Waals surface area contributed by atoms with Gasteiger partial charge in [0, 0.05) is 12.6 Å². The highest BCUT2D eigenvalue weighted by atomic mass is 32.2. The molecule has 0 unspecified atom stereocenters. The Morgan fingerprint density at radius 2 is 2.07 bits per heavy atom. The lowest BCUT2D eigenvalue weighted by Crippen LogP contribution is -2.09. The molecule has 0 amide bonds. The van der Waals surface area contributed by atoms with E-state index in [0.717, 1.165) is 35.9 Å². The van der Waals surface area contributed by atoms with Gasteiger partial charge in [0.25, 0.3) is 0 Å². The number of nitrogens with two attached hydrogens (primary N) is 1. The quantitative estimate of drug-likeness (QED) is 0.722. The van der Waals surface area contributed by atoms with Gasteiger partial charge in [-0.2, -0.15) is 16.7 Å². The minimum absolute atomic E-state index is 0.375. The molecule has 0 bridgehead atoms. The number of nitrogens with zero attached hydrogens (tertiary/aromatic N) is 2. The molecule has 76 valence electrons. The van der Waals surface area contributed by atoms with Crippen LogP contribution in [0.2, 0.25) is 0 Å². The maximum atomic E-state index is 5.64. The van der Waals surface area contributed by atoms with E-state index in [1.54, 1.807) is 0 Å². The van der Waals surface area contributed by atoms with E-state index >= 15 is 0 Å². The van der Waals surface area contributed by atoms with Crippen molar-refractivity contribution in [3.8, 4) is 0 Å². The molecular weight excluding hydrogens is 196 g/mol. The average Bonchev–Trinajstić information content (AvgIpc) is 2.41. The third kappa shape index (κ3) is 1.77. The topological polar surface area (TPSA) is 63.8 Å². The van der Waals surface area contributed by atoms with Crippen LogP contribution in [0, 0.1) is 0 Å². The fourth-order valence-corrected chi connectivity index (χ4v) is 2.56. The number of aromatic nitrogens is 2. The maximum Gasteiger partial charge on any atom is 0.222 e. The van der Waals surface area contributed by atoms with Crippen molar-refractivity contribution in [1.82, 2.24) is 9.97 Å². The van der Waals surface area contributed by atoms with Gasteiger partial charge in [-0.25, -0.2) is 4.98 Å². The van der Waals surface area contributed by atoms with Crippen LogP contribution in [0.3, 0.4) is 0 Å². The van der Waals surface area contributed by atoms with E-state index in [9.17, 15) is 0 Å². The number of thioether (sulfide) groups is 1. The Morgan fingerprint density at radius 1 is 1.29 bits per heavy atom. The van der Waals surface area contributed by atoms with Crippen LogP contribution in [0.15, 0.2) is 0 Å². The first-order chi connectivity index (χ1) is 6.81. The zero-order chi connectivity index (χ0) is 9.97. The van der Waals surface area contributed by atoms with Crippen molar-refractivity contribution in [2.45, 2.75) is 12.8 Å². The molecule has 4 nitrogen and oxygen atoms in total. The Labute approximate surface area is 87.7 Å². The van der Waals surface area contributed by atoms with Crippen LogP contribution in [0.4, 0.5) is 11.8 Å². The predicted octanol–water partition coefficient (Wildman–Crippen LogP) is 0.932. The smallest absolute Gasteiger partial charge is 0.222 e. The van der Waals surface area contributed by atoms with Crippen molar-refractivity contribution in [2.75, 3.05) is 29.6 Å². The van der Waals surface area contributed by atoms with Gasteiger partial charge in [-0.1, -0.05) is 0 Å². The lowest BCUT2D eigenvalue weighted by atomic mass is 10.1. The summed E-state index contributed by atoms with van der Waals surface area (Å²) in [6, 6.07) is 0. The third-order valence-electron chi connectivity index (χ3n) is 2.33. The molecule has 2 rings (SSSR count). The minimum atomic E-state index is 0.375. The summed E-state index contributed by atoms with van der Waals surface area (Å²) in [7, 11) is 1.88. The second-order valence-corrected chi connectivity index (χ2v) is 4.44. The zero-order valence-corrected chi connectivity index (χ0v) is 9.02. The molecule has 0 saturated heterocycles. The largest absolute Gasteiger partial charge is 0.373 e. The molecule has 14 heavy (non-hydrogen) atoms. The second-order valence-electron chi connectivity index (χ2n) is 3.22. The van der Waals surface area contributed by atoms with Gasteiger partial charge < -0.3 is 11.1 Å². The molecule has 3 N–H and O–H groups in total. The summed E-state index contributed by atoms with van der Waals surface area (Å²) in [6.45, 7) is 0. The summed E-state index contributed by atoms with van der Waals surface area (Å²) in [5, 5.41) is 3.08. The molecule has 2 heterocycles. The number of hydrogen-bond acceptors (Lipinski definition) is 5. The summed E-state index contributed by atoms with van der Waals surface area (Å²) >= 11 is 1.96. The van der Waals surface area contributed by atoms with E-state index < -0.39 is 0 Å². The summed E-state index contributed by atoms with van der Waals surface area (Å²) in [6.07, 6.45) is 2.04. The van der Waals surface area contributed by atoms with Gasteiger partial charge >= 0.3 is 0 Å². The first-order valence-electron chi connectivity index (χ1n) is 4.72. The van der Waals surface area contributed by atoms with Gasteiger partial charge in [0.05, 0.1) is 5.69 Å². The monoisotopic (exact) mass is 210 g/mol. The number of aryl methyl sites for hydroxylation is 1. The van der Waals surface area contributed by atoms with E-state index in [4.69, 9.17) is 5.73 Å². The molecule has 0 spiro atoms. The molecule has 0 radical (unpaired) electrons.